The van der Waals surface area contributed by atoms with Crippen LogP contribution in [-0.4, -0.2) is 18.9 Å². The summed E-state index contributed by atoms with van der Waals surface area (Å²) in [6, 6.07) is 4.63. The lowest BCUT2D eigenvalue weighted by Crippen LogP contribution is -2.28. The maximum Gasteiger partial charge on any atom is 0.162 e. The molecule has 3 heteroatoms. The zero-order valence-corrected chi connectivity index (χ0v) is 10.8. The summed E-state index contributed by atoms with van der Waals surface area (Å²) < 4.78 is 13.1. The minimum absolute atomic E-state index is 0.136. The monoisotopic (exact) mass is 249 g/mol. The summed E-state index contributed by atoms with van der Waals surface area (Å²) in [5.41, 5.74) is 1.19. The second-order valence-electron chi connectivity index (χ2n) is 5.12. The molecule has 1 N–H and O–H groups in total. The maximum atomic E-state index is 13.1. The Morgan fingerprint density at radius 2 is 2.11 bits per heavy atom. The van der Waals surface area contributed by atoms with E-state index in [0.29, 0.717) is 23.5 Å². The van der Waals surface area contributed by atoms with Crippen LogP contribution < -0.4 is 5.32 Å². The Kier molecular flexibility index (Phi) is 4.48. The molecular formula is C15H20FNO. The van der Waals surface area contributed by atoms with Gasteiger partial charge in [-0.2, -0.15) is 0 Å². The van der Waals surface area contributed by atoms with Crippen LogP contribution in [0.3, 0.4) is 0 Å². The van der Waals surface area contributed by atoms with Crippen LogP contribution in [0.25, 0.3) is 0 Å². The molecule has 0 spiro atoms. The molecule has 1 fully saturated rings. The van der Waals surface area contributed by atoms with E-state index in [4.69, 9.17) is 0 Å². The second kappa shape index (κ2) is 6.10. The lowest BCUT2D eigenvalue weighted by atomic mass is 9.91. The molecule has 1 saturated heterocycles. The van der Waals surface area contributed by atoms with Gasteiger partial charge in [0.05, 0.1) is 0 Å². The van der Waals surface area contributed by atoms with Crippen LogP contribution in [0, 0.1) is 18.7 Å². The first kappa shape index (κ1) is 13.2. The van der Waals surface area contributed by atoms with E-state index >= 15 is 0 Å². The van der Waals surface area contributed by atoms with Gasteiger partial charge < -0.3 is 5.32 Å². The predicted octanol–water partition coefficient (Wildman–Crippen LogP) is 3.10. The number of carbonyl (C=O) groups is 1. The summed E-state index contributed by atoms with van der Waals surface area (Å²) in [5, 5.41) is 3.32. The number of aryl methyl sites for hydroxylation is 1. The summed E-state index contributed by atoms with van der Waals surface area (Å²) in [6.07, 6.45) is 3.86. The smallest absolute Gasteiger partial charge is 0.162 e. The van der Waals surface area contributed by atoms with Gasteiger partial charge in [-0.15, -0.1) is 0 Å². The molecule has 1 aromatic rings. The van der Waals surface area contributed by atoms with Crippen molar-refractivity contribution in [1.82, 2.24) is 5.32 Å². The van der Waals surface area contributed by atoms with E-state index in [9.17, 15) is 9.18 Å². The number of benzene rings is 1. The zero-order valence-electron chi connectivity index (χ0n) is 10.8. The average Bonchev–Trinajstić information content (AvgIpc) is 2.40. The van der Waals surface area contributed by atoms with E-state index in [1.165, 1.54) is 6.07 Å². The van der Waals surface area contributed by atoms with Gasteiger partial charge in [-0.25, -0.2) is 4.39 Å². The summed E-state index contributed by atoms with van der Waals surface area (Å²) in [6.45, 7) is 3.82. The standard InChI is InChI=1S/C15H20FNO/c1-11-10-13(3-4-14(11)16)15(18)5-2-12-6-8-17-9-7-12/h3-4,10,12,17H,2,5-9H2,1H3. The molecule has 0 amide bonds. The third-order valence-corrected chi connectivity index (χ3v) is 3.72. The number of ketones is 1. The van der Waals surface area contributed by atoms with Crippen molar-refractivity contribution in [3.8, 4) is 0 Å². The molecule has 1 heterocycles. The lowest BCUT2D eigenvalue weighted by molar-refractivity contribution is 0.0970. The van der Waals surface area contributed by atoms with Crippen LogP contribution in [0.15, 0.2) is 18.2 Å². The number of hydrogen-bond acceptors (Lipinski definition) is 2. The highest BCUT2D eigenvalue weighted by molar-refractivity contribution is 5.96. The molecule has 1 aromatic carbocycles. The predicted molar refractivity (Wildman–Crippen MR) is 70.3 cm³/mol. The van der Waals surface area contributed by atoms with Crippen molar-refractivity contribution in [1.29, 1.82) is 0 Å². The SMILES string of the molecule is Cc1cc(C(=O)CCC2CCNCC2)ccc1F. The minimum atomic E-state index is -0.245. The van der Waals surface area contributed by atoms with Gasteiger partial charge in [-0.3, -0.25) is 4.79 Å². The maximum absolute atomic E-state index is 13.1. The topological polar surface area (TPSA) is 29.1 Å². The van der Waals surface area contributed by atoms with Gasteiger partial charge in [0.25, 0.3) is 0 Å². The molecular weight excluding hydrogens is 229 g/mol. The first-order chi connectivity index (χ1) is 8.66. The second-order valence-corrected chi connectivity index (χ2v) is 5.12. The van der Waals surface area contributed by atoms with E-state index < -0.39 is 0 Å². The van der Waals surface area contributed by atoms with Crippen LogP contribution >= 0.6 is 0 Å². The molecule has 0 saturated carbocycles. The van der Waals surface area contributed by atoms with E-state index in [0.717, 1.165) is 32.4 Å². The lowest BCUT2D eigenvalue weighted by Gasteiger charge is -2.22. The molecule has 0 radical (unpaired) electrons. The fraction of sp³-hybridized carbons (Fsp3) is 0.533. The van der Waals surface area contributed by atoms with Crippen molar-refractivity contribution in [3.05, 3.63) is 35.1 Å². The summed E-state index contributed by atoms with van der Waals surface area (Å²) >= 11 is 0. The zero-order chi connectivity index (χ0) is 13.0. The molecule has 2 nitrogen and oxygen atoms in total. The Labute approximate surface area is 108 Å². The largest absolute Gasteiger partial charge is 0.317 e. The molecule has 0 atom stereocenters. The number of nitrogens with one attached hydrogen (secondary N) is 1. The van der Waals surface area contributed by atoms with Crippen LogP contribution in [0.2, 0.25) is 0 Å². The van der Waals surface area contributed by atoms with E-state index in [1.54, 1.807) is 19.1 Å². The number of hydrogen-bond donors (Lipinski definition) is 1. The molecule has 1 aliphatic heterocycles. The van der Waals surface area contributed by atoms with Crippen LogP contribution in [0.4, 0.5) is 4.39 Å². The number of piperidine rings is 1. The Hall–Kier alpha value is -1.22. The Morgan fingerprint density at radius 3 is 2.78 bits per heavy atom. The van der Waals surface area contributed by atoms with Crippen molar-refractivity contribution in [2.24, 2.45) is 5.92 Å². The van der Waals surface area contributed by atoms with Crippen molar-refractivity contribution >= 4 is 5.78 Å². The van der Waals surface area contributed by atoms with Crippen LogP contribution in [-0.2, 0) is 0 Å². The Balaban J connectivity index is 1.88. The number of rotatable bonds is 4. The van der Waals surface area contributed by atoms with Gasteiger partial charge in [0, 0.05) is 12.0 Å². The number of carbonyl (C=O) groups excluding carboxylic acids is 1. The van der Waals surface area contributed by atoms with E-state index in [2.05, 4.69) is 5.32 Å². The first-order valence-corrected chi connectivity index (χ1v) is 6.67. The quantitative estimate of drug-likeness (QED) is 0.831. The molecule has 98 valence electrons. The van der Waals surface area contributed by atoms with Gasteiger partial charge in [-0.1, -0.05) is 0 Å². The fourth-order valence-corrected chi connectivity index (χ4v) is 2.47. The van der Waals surface area contributed by atoms with Gasteiger partial charge in [-0.05, 0) is 69.0 Å². The van der Waals surface area contributed by atoms with Crippen molar-refractivity contribution in [2.75, 3.05) is 13.1 Å². The average molecular weight is 249 g/mol. The highest BCUT2D eigenvalue weighted by atomic mass is 19.1. The van der Waals surface area contributed by atoms with Gasteiger partial charge >= 0.3 is 0 Å². The molecule has 0 unspecified atom stereocenters. The number of Topliss-reactive ketones (excluding diaryl/α,β-unsaturated/α-hetero) is 1. The number of halogens is 1. The van der Waals surface area contributed by atoms with Crippen molar-refractivity contribution in [3.63, 3.8) is 0 Å². The highest BCUT2D eigenvalue weighted by Gasteiger charge is 2.15. The minimum Gasteiger partial charge on any atom is -0.317 e. The molecule has 0 aromatic heterocycles. The van der Waals surface area contributed by atoms with Gasteiger partial charge in [0.2, 0.25) is 0 Å². The Bertz CT molecular complexity index is 425. The summed E-state index contributed by atoms with van der Waals surface area (Å²) in [7, 11) is 0. The first-order valence-electron chi connectivity index (χ1n) is 6.67. The third-order valence-electron chi connectivity index (χ3n) is 3.72. The van der Waals surface area contributed by atoms with Gasteiger partial charge in [0.15, 0.2) is 5.78 Å². The van der Waals surface area contributed by atoms with Crippen molar-refractivity contribution < 1.29 is 9.18 Å². The molecule has 0 bridgehead atoms. The van der Waals surface area contributed by atoms with Crippen LogP contribution in [0.5, 0.6) is 0 Å². The molecule has 1 aliphatic rings. The third kappa shape index (κ3) is 3.39. The normalized spacial score (nSPS) is 16.8. The van der Waals surface area contributed by atoms with E-state index in [1.807, 2.05) is 0 Å². The summed E-state index contributed by atoms with van der Waals surface area (Å²) in [5.74, 6) is 0.554. The fourth-order valence-electron chi connectivity index (χ4n) is 2.47. The van der Waals surface area contributed by atoms with E-state index in [-0.39, 0.29) is 11.6 Å². The Morgan fingerprint density at radius 1 is 1.39 bits per heavy atom. The van der Waals surface area contributed by atoms with Crippen LogP contribution in [0.1, 0.15) is 41.6 Å². The molecule has 18 heavy (non-hydrogen) atoms. The van der Waals surface area contributed by atoms with Gasteiger partial charge in [0.1, 0.15) is 5.82 Å². The van der Waals surface area contributed by atoms with Crippen molar-refractivity contribution in [2.45, 2.75) is 32.6 Å². The molecule has 0 aliphatic carbocycles. The summed E-state index contributed by atoms with van der Waals surface area (Å²) in [4.78, 5) is 12.0. The highest BCUT2D eigenvalue weighted by Crippen LogP contribution is 2.20. The molecule has 2 rings (SSSR count).